The quantitative estimate of drug-likeness (QED) is 0.849. The minimum Gasteiger partial charge on any atom is -0.389 e. The number of rotatable bonds is 5. The molecule has 0 bridgehead atoms. The van der Waals surface area contributed by atoms with Gasteiger partial charge >= 0.3 is 6.18 Å². The van der Waals surface area contributed by atoms with E-state index in [1.807, 2.05) is 0 Å². The fourth-order valence-electron chi connectivity index (χ4n) is 1.81. The third-order valence-corrected chi connectivity index (χ3v) is 3.12. The van der Waals surface area contributed by atoms with Gasteiger partial charge in [-0.15, -0.1) is 0 Å². The van der Waals surface area contributed by atoms with Crippen LogP contribution in [-0.2, 0) is 11.2 Å². The second-order valence-electron chi connectivity index (χ2n) is 4.97. The second kappa shape index (κ2) is 6.89. The van der Waals surface area contributed by atoms with Crippen LogP contribution in [0, 0.1) is 0 Å². The summed E-state index contributed by atoms with van der Waals surface area (Å²) < 4.78 is 37.5. The van der Waals surface area contributed by atoms with Crippen molar-refractivity contribution in [2.75, 3.05) is 6.54 Å². The highest BCUT2D eigenvalue weighted by Crippen LogP contribution is 2.19. The molecule has 0 aliphatic rings. The number of nitrogens with two attached hydrogens (primary N) is 1. The lowest BCUT2D eigenvalue weighted by Gasteiger charge is -2.27. The number of carbonyl (C=O) groups excluding carboxylic acids is 1. The van der Waals surface area contributed by atoms with E-state index in [1.165, 1.54) is 0 Å². The predicted octanol–water partition coefficient (Wildman–Crippen LogP) is 2.66. The van der Waals surface area contributed by atoms with Crippen molar-refractivity contribution < 1.29 is 18.0 Å². The lowest BCUT2D eigenvalue weighted by molar-refractivity contribution is -0.164. The van der Waals surface area contributed by atoms with E-state index in [9.17, 15) is 18.0 Å². The van der Waals surface area contributed by atoms with Gasteiger partial charge in [-0.25, -0.2) is 0 Å². The van der Waals surface area contributed by atoms with Crippen molar-refractivity contribution in [3.63, 3.8) is 0 Å². The fraction of sp³-hybridized carbons (Fsp3) is 0.429. The molecule has 7 heteroatoms. The van der Waals surface area contributed by atoms with Gasteiger partial charge in [0, 0.05) is 11.6 Å². The van der Waals surface area contributed by atoms with E-state index in [-0.39, 0.29) is 11.4 Å². The number of alkyl halides is 3. The van der Waals surface area contributed by atoms with Crippen molar-refractivity contribution in [3.05, 3.63) is 35.4 Å². The number of carbonyl (C=O) groups is 1. The van der Waals surface area contributed by atoms with Gasteiger partial charge in [-0.1, -0.05) is 36.5 Å². The fourth-order valence-corrected chi connectivity index (χ4v) is 1.95. The van der Waals surface area contributed by atoms with E-state index in [0.717, 1.165) is 4.90 Å². The van der Waals surface area contributed by atoms with Crippen LogP contribution in [0.4, 0.5) is 13.2 Å². The van der Waals surface area contributed by atoms with E-state index in [4.69, 9.17) is 18.0 Å². The van der Waals surface area contributed by atoms with Crippen LogP contribution in [0.3, 0.4) is 0 Å². The van der Waals surface area contributed by atoms with Gasteiger partial charge in [0.2, 0.25) is 5.91 Å². The van der Waals surface area contributed by atoms with Gasteiger partial charge in [0.15, 0.2) is 0 Å². The highest BCUT2D eigenvalue weighted by molar-refractivity contribution is 7.80. The van der Waals surface area contributed by atoms with Gasteiger partial charge < -0.3 is 10.6 Å². The molecular formula is C14H17F3N2OS. The van der Waals surface area contributed by atoms with Gasteiger partial charge in [-0.3, -0.25) is 4.79 Å². The van der Waals surface area contributed by atoms with Crippen LogP contribution < -0.4 is 5.73 Å². The molecule has 0 unspecified atom stereocenters. The molecule has 0 radical (unpaired) electrons. The normalized spacial score (nSPS) is 11.5. The minimum atomic E-state index is -4.41. The average Bonchev–Trinajstić information content (AvgIpc) is 2.35. The lowest BCUT2D eigenvalue weighted by atomic mass is 10.1. The van der Waals surface area contributed by atoms with Gasteiger partial charge in [0.05, 0.1) is 6.42 Å². The maximum absolute atomic E-state index is 12.5. The number of halogens is 3. The molecule has 1 amide bonds. The summed E-state index contributed by atoms with van der Waals surface area (Å²) in [6.07, 6.45) is -4.50. The molecular weight excluding hydrogens is 301 g/mol. The standard InChI is InChI=1S/C14H17F3N2OS/c1-9(2)19(8-14(15,16)17)12(20)7-10-3-5-11(6-4-10)13(18)21/h3-6,9H,7-8H2,1-2H3,(H2,18,21). The van der Waals surface area contributed by atoms with Crippen LogP contribution in [0.5, 0.6) is 0 Å². The van der Waals surface area contributed by atoms with E-state index in [2.05, 4.69) is 0 Å². The molecule has 3 nitrogen and oxygen atoms in total. The zero-order valence-corrected chi connectivity index (χ0v) is 12.6. The molecule has 1 rings (SSSR count). The Hall–Kier alpha value is -1.63. The predicted molar refractivity (Wildman–Crippen MR) is 78.9 cm³/mol. The summed E-state index contributed by atoms with van der Waals surface area (Å²) >= 11 is 4.81. The Kier molecular flexibility index (Phi) is 5.71. The Morgan fingerprint density at radius 3 is 2.19 bits per heavy atom. The monoisotopic (exact) mass is 318 g/mol. The third-order valence-electron chi connectivity index (χ3n) is 2.89. The number of benzene rings is 1. The van der Waals surface area contributed by atoms with Crippen molar-refractivity contribution >= 4 is 23.1 Å². The molecule has 0 aliphatic heterocycles. The molecule has 1 aromatic carbocycles. The first kappa shape index (κ1) is 17.4. The molecule has 0 spiro atoms. The number of thiocarbonyl (C=S) groups is 1. The van der Waals surface area contributed by atoms with Gasteiger partial charge in [-0.05, 0) is 19.4 Å². The SMILES string of the molecule is CC(C)N(CC(F)(F)F)C(=O)Cc1ccc(C(N)=S)cc1. The summed E-state index contributed by atoms with van der Waals surface area (Å²) in [6.45, 7) is 1.87. The summed E-state index contributed by atoms with van der Waals surface area (Å²) in [5, 5.41) is 0. The van der Waals surface area contributed by atoms with Gasteiger partial charge in [-0.2, -0.15) is 13.2 Å². The molecule has 0 atom stereocenters. The van der Waals surface area contributed by atoms with Gasteiger partial charge in [0.25, 0.3) is 0 Å². The Morgan fingerprint density at radius 2 is 1.81 bits per heavy atom. The summed E-state index contributed by atoms with van der Waals surface area (Å²) in [7, 11) is 0. The van der Waals surface area contributed by atoms with Crippen molar-refractivity contribution in [1.82, 2.24) is 4.90 Å². The summed E-state index contributed by atoms with van der Waals surface area (Å²) in [5.74, 6) is -0.564. The Balaban J connectivity index is 2.79. The van der Waals surface area contributed by atoms with Gasteiger partial charge in [0.1, 0.15) is 11.5 Å². The minimum absolute atomic E-state index is 0.0914. The van der Waals surface area contributed by atoms with Crippen molar-refractivity contribution in [3.8, 4) is 0 Å². The third kappa shape index (κ3) is 5.71. The molecule has 2 N–H and O–H groups in total. The number of nitrogens with zero attached hydrogens (tertiary/aromatic N) is 1. The Morgan fingerprint density at radius 1 is 1.29 bits per heavy atom. The molecule has 1 aromatic rings. The lowest BCUT2D eigenvalue weighted by Crippen LogP contribution is -2.44. The van der Waals surface area contributed by atoms with Crippen LogP contribution >= 0.6 is 12.2 Å². The molecule has 0 aliphatic carbocycles. The Labute approximate surface area is 126 Å². The van der Waals surface area contributed by atoms with Crippen LogP contribution in [0.2, 0.25) is 0 Å². The average molecular weight is 318 g/mol. The van der Waals surface area contributed by atoms with Crippen LogP contribution in [-0.4, -0.2) is 34.6 Å². The topological polar surface area (TPSA) is 46.3 Å². The van der Waals surface area contributed by atoms with Crippen LogP contribution in [0.15, 0.2) is 24.3 Å². The zero-order chi connectivity index (χ0) is 16.2. The van der Waals surface area contributed by atoms with Crippen molar-refractivity contribution in [1.29, 1.82) is 0 Å². The molecule has 0 heterocycles. The maximum atomic E-state index is 12.5. The first-order valence-corrected chi connectivity index (χ1v) is 6.76. The molecule has 0 saturated carbocycles. The van der Waals surface area contributed by atoms with E-state index in [0.29, 0.717) is 11.1 Å². The van der Waals surface area contributed by atoms with Crippen LogP contribution in [0.1, 0.15) is 25.0 Å². The Bertz CT molecular complexity index is 512. The smallest absolute Gasteiger partial charge is 0.389 e. The van der Waals surface area contributed by atoms with Crippen molar-refractivity contribution in [2.24, 2.45) is 5.73 Å². The second-order valence-corrected chi connectivity index (χ2v) is 5.41. The summed E-state index contributed by atoms with van der Waals surface area (Å²) in [5.41, 5.74) is 6.72. The van der Waals surface area contributed by atoms with Crippen molar-refractivity contribution in [2.45, 2.75) is 32.5 Å². The summed E-state index contributed by atoms with van der Waals surface area (Å²) in [6, 6.07) is 6.05. The zero-order valence-electron chi connectivity index (χ0n) is 11.8. The number of amides is 1. The largest absolute Gasteiger partial charge is 0.406 e. The first-order chi connectivity index (χ1) is 9.60. The first-order valence-electron chi connectivity index (χ1n) is 6.35. The van der Waals surface area contributed by atoms with E-state index in [1.54, 1.807) is 38.1 Å². The highest BCUT2D eigenvalue weighted by Gasteiger charge is 2.34. The molecule has 116 valence electrons. The highest BCUT2D eigenvalue weighted by atomic mass is 32.1. The van der Waals surface area contributed by atoms with Crippen LogP contribution in [0.25, 0.3) is 0 Å². The summed E-state index contributed by atoms with van der Waals surface area (Å²) in [4.78, 5) is 13.1. The van der Waals surface area contributed by atoms with E-state index >= 15 is 0 Å². The molecule has 0 saturated heterocycles. The van der Waals surface area contributed by atoms with E-state index < -0.39 is 24.7 Å². The maximum Gasteiger partial charge on any atom is 0.406 e. The number of hydrogen-bond donors (Lipinski definition) is 1. The molecule has 21 heavy (non-hydrogen) atoms. The number of hydrogen-bond acceptors (Lipinski definition) is 2. The molecule has 0 fully saturated rings. The molecule has 0 aromatic heterocycles.